The van der Waals surface area contributed by atoms with Crippen LogP contribution in [-0.2, 0) is 11.3 Å². The van der Waals surface area contributed by atoms with Gasteiger partial charge in [-0.3, -0.25) is 9.59 Å². The normalized spacial score (nSPS) is 21.3. The van der Waals surface area contributed by atoms with Crippen LogP contribution < -0.4 is 5.56 Å². The maximum atomic E-state index is 12.6. The summed E-state index contributed by atoms with van der Waals surface area (Å²) in [6.07, 6.45) is 0.917. The number of nitrogens with zero attached hydrogens (tertiary/aromatic N) is 4. The van der Waals surface area contributed by atoms with Gasteiger partial charge in [-0.25, -0.2) is 4.68 Å². The summed E-state index contributed by atoms with van der Waals surface area (Å²) >= 11 is 0. The van der Waals surface area contributed by atoms with Gasteiger partial charge in [0.2, 0.25) is 5.91 Å². The molecule has 1 fully saturated rings. The molecule has 1 saturated heterocycles. The van der Waals surface area contributed by atoms with Crippen LogP contribution in [0.4, 0.5) is 0 Å². The zero-order chi connectivity index (χ0) is 17.9. The number of aromatic nitrogens is 2. The smallest absolute Gasteiger partial charge is 0.267 e. The van der Waals surface area contributed by atoms with E-state index in [2.05, 4.69) is 10.00 Å². The molecule has 0 aliphatic carbocycles. The van der Waals surface area contributed by atoms with Crippen LogP contribution in [0.1, 0.15) is 17.7 Å². The van der Waals surface area contributed by atoms with E-state index in [0.717, 1.165) is 24.2 Å². The van der Waals surface area contributed by atoms with Crippen molar-refractivity contribution in [1.82, 2.24) is 19.6 Å². The predicted molar refractivity (Wildman–Crippen MR) is 91.8 cm³/mol. The first-order valence-electron chi connectivity index (χ1n) is 8.39. The topological polar surface area (TPSA) is 78.7 Å². The second kappa shape index (κ2) is 7.90. The van der Waals surface area contributed by atoms with E-state index >= 15 is 0 Å². The third-order valence-electron chi connectivity index (χ3n) is 4.58. The van der Waals surface area contributed by atoms with Crippen LogP contribution in [0.3, 0.4) is 0 Å². The molecule has 1 N–H and O–H groups in total. The highest BCUT2D eigenvalue weighted by atomic mass is 16.3. The zero-order valence-electron chi connectivity index (χ0n) is 15.0. The van der Waals surface area contributed by atoms with Crippen molar-refractivity contribution in [2.75, 3.05) is 40.3 Å². The van der Waals surface area contributed by atoms with Gasteiger partial charge in [-0.2, -0.15) is 5.10 Å². The lowest BCUT2D eigenvalue weighted by atomic mass is 9.89. The van der Waals surface area contributed by atoms with Gasteiger partial charge in [0.15, 0.2) is 0 Å². The SMILES string of the molecule is Cc1cc(=O)n(CC(=O)N2C[C@H](CO)C[C@H](CN(C)C)C2)nc1C. The largest absolute Gasteiger partial charge is 0.396 e. The predicted octanol–water partition coefficient (Wildman–Crippen LogP) is -0.121. The zero-order valence-corrected chi connectivity index (χ0v) is 15.0. The van der Waals surface area contributed by atoms with Crippen molar-refractivity contribution in [1.29, 1.82) is 0 Å². The standard InChI is InChI=1S/C17H28N4O3/c1-12-5-16(23)21(18-13(12)2)10-17(24)20-8-14(7-19(3)4)6-15(9-20)11-22/h5,14-15,22H,6-11H2,1-4H3/t14-,15-/m1/s1. The van der Waals surface area contributed by atoms with E-state index in [1.54, 1.807) is 4.90 Å². The van der Waals surface area contributed by atoms with Crippen LogP contribution in [0.15, 0.2) is 10.9 Å². The summed E-state index contributed by atoms with van der Waals surface area (Å²) in [6.45, 7) is 5.76. The van der Waals surface area contributed by atoms with Crippen LogP contribution in [0.5, 0.6) is 0 Å². The minimum atomic E-state index is -0.257. The minimum Gasteiger partial charge on any atom is -0.396 e. The lowest BCUT2D eigenvalue weighted by molar-refractivity contribution is -0.135. The Morgan fingerprint density at radius 1 is 1.33 bits per heavy atom. The maximum Gasteiger partial charge on any atom is 0.267 e. The monoisotopic (exact) mass is 336 g/mol. The Kier molecular flexibility index (Phi) is 6.12. The molecule has 1 aliphatic rings. The summed E-state index contributed by atoms with van der Waals surface area (Å²) in [5.74, 6) is 0.311. The number of rotatable bonds is 5. The molecular weight excluding hydrogens is 308 g/mol. The van der Waals surface area contributed by atoms with Crippen LogP contribution in [0.25, 0.3) is 0 Å². The van der Waals surface area contributed by atoms with E-state index in [4.69, 9.17) is 0 Å². The van der Waals surface area contributed by atoms with E-state index in [1.165, 1.54) is 10.7 Å². The quantitative estimate of drug-likeness (QED) is 0.811. The molecule has 2 rings (SSSR count). The molecule has 24 heavy (non-hydrogen) atoms. The molecule has 0 spiro atoms. The van der Waals surface area contributed by atoms with Crippen molar-refractivity contribution >= 4 is 5.91 Å². The number of amides is 1. The Morgan fingerprint density at radius 2 is 2.00 bits per heavy atom. The molecule has 134 valence electrons. The number of carbonyl (C=O) groups is 1. The Labute approximate surface area is 142 Å². The summed E-state index contributed by atoms with van der Waals surface area (Å²) in [6, 6.07) is 1.51. The maximum absolute atomic E-state index is 12.6. The fourth-order valence-electron chi connectivity index (χ4n) is 3.32. The number of hydrogen-bond donors (Lipinski definition) is 1. The summed E-state index contributed by atoms with van der Waals surface area (Å²) in [5, 5.41) is 13.7. The van der Waals surface area contributed by atoms with Crippen molar-refractivity contribution in [3.05, 3.63) is 27.7 Å². The summed E-state index contributed by atoms with van der Waals surface area (Å²) in [7, 11) is 4.01. The third-order valence-corrected chi connectivity index (χ3v) is 4.58. The van der Waals surface area contributed by atoms with Gasteiger partial charge in [0.25, 0.3) is 5.56 Å². The minimum absolute atomic E-state index is 0.0488. The number of aliphatic hydroxyl groups excluding tert-OH is 1. The molecule has 1 aromatic rings. The fraction of sp³-hybridized carbons (Fsp3) is 0.706. The summed E-state index contributed by atoms with van der Waals surface area (Å²) in [4.78, 5) is 28.5. The van der Waals surface area contributed by atoms with E-state index in [-0.39, 0.29) is 30.5 Å². The molecule has 0 saturated carbocycles. The van der Waals surface area contributed by atoms with Gasteiger partial charge in [0.05, 0.1) is 5.69 Å². The van der Waals surface area contributed by atoms with Gasteiger partial charge in [-0.1, -0.05) is 0 Å². The lowest BCUT2D eigenvalue weighted by Gasteiger charge is -2.38. The molecule has 2 heterocycles. The second-order valence-electron chi connectivity index (χ2n) is 7.12. The van der Waals surface area contributed by atoms with E-state index < -0.39 is 0 Å². The van der Waals surface area contributed by atoms with Crippen LogP contribution >= 0.6 is 0 Å². The molecule has 7 nitrogen and oxygen atoms in total. The molecule has 1 aromatic heterocycles. The first-order chi connectivity index (χ1) is 11.3. The van der Waals surface area contributed by atoms with Gasteiger partial charge < -0.3 is 14.9 Å². The van der Waals surface area contributed by atoms with E-state index in [0.29, 0.717) is 19.0 Å². The molecule has 1 amide bonds. The number of aryl methyl sites for hydroxylation is 2. The molecule has 7 heteroatoms. The van der Waals surface area contributed by atoms with Crippen LogP contribution in [0.2, 0.25) is 0 Å². The summed E-state index contributed by atoms with van der Waals surface area (Å²) < 4.78 is 1.23. The number of hydrogen-bond acceptors (Lipinski definition) is 5. The molecule has 0 bridgehead atoms. The Bertz CT molecular complexity index is 641. The highest BCUT2D eigenvalue weighted by Crippen LogP contribution is 2.22. The van der Waals surface area contributed by atoms with Crippen molar-refractivity contribution in [3.8, 4) is 0 Å². The van der Waals surface area contributed by atoms with Crippen molar-refractivity contribution in [3.63, 3.8) is 0 Å². The molecular formula is C17H28N4O3. The highest BCUT2D eigenvalue weighted by molar-refractivity contribution is 5.76. The third kappa shape index (κ3) is 4.64. The van der Waals surface area contributed by atoms with Crippen molar-refractivity contribution < 1.29 is 9.90 Å². The van der Waals surface area contributed by atoms with Crippen molar-refractivity contribution in [2.24, 2.45) is 11.8 Å². The van der Waals surface area contributed by atoms with Crippen LogP contribution in [0, 0.1) is 25.7 Å². The number of aliphatic hydroxyl groups is 1. The van der Waals surface area contributed by atoms with Gasteiger partial charge in [-0.15, -0.1) is 0 Å². The first kappa shape index (κ1) is 18.6. The Morgan fingerprint density at radius 3 is 2.62 bits per heavy atom. The molecule has 1 aliphatic heterocycles. The molecule has 2 atom stereocenters. The fourth-order valence-corrected chi connectivity index (χ4v) is 3.32. The van der Waals surface area contributed by atoms with Gasteiger partial charge in [0, 0.05) is 32.3 Å². The second-order valence-corrected chi connectivity index (χ2v) is 7.12. The van der Waals surface area contributed by atoms with Gasteiger partial charge in [-0.05, 0) is 51.8 Å². The summed E-state index contributed by atoms with van der Waals surface area (Å²) in [5.41, 5.74) is 1.32. The highest BCUT2D eigenvalue weighted by Gasteiger charge is 2.30. The average molecular weight is 336 g/mol. The van der Waals surface area contributed by atoms with E-state index in [9.17, 15) is 14.7 Å². The Hall–Kier alpha value is -1.73. The van der Waals surface area contributed by atoms with E-state index in [1.807, 2.05) is 27.9 Å². The van der Waals surface area contributed by atoms with Gasteiger partial charge in [0.1, 0.15) is 6.54 Å². The molecule has 0 radical (unpaired) electrons. The lowest BCUT2D eigenvalue weighted by Crippen LogP contribution is -2.49. The van der Waals surface area contributed by atoms with Gasteiger partial charge >= 0.3 is 0 Å². The number of piperidine rings is 1. The Balaban J connectivity index is 2.10. The first-order valence-corrected chi connectivity index (χ1v) is 8.39. The van der Waals surface area contributed by atoms with Crippen LogP contribution in [-0.4, -0.2) is 70.9 Å². The number of likely N-dealkylation sites (tertiary alicyclic amines) is 1. The average Bonchev–Trinajstić information content (AvgIpc) is 2.51. The molecule has 0 unspecified atom stereocenters. The van der Waals surface area contributed by atoms with Crippen molar-refractivity contribution in [2.45, 2.75) is 26.8 Å². The number of carbonyl (C=O) groups excluding carboxylic acids is 1. The molecule has 0 aromatic carbocycles.